The zero-order valence-corrected chi connectivity index (χ0v) is 26.8. The first-order valence-electron chi connectivity index (χ1n) is 14.9. The van der Waals surface area contributed by atoms with Gasteiger partial charge in [-0.3, -0.25) is 13.6 Å². The summed E-state index contributed by atoms with van der Waals surface area (Å²) in [7, 11) is -4.47. The zero-order chi connectivity index (χ0) is 34.1. The number of aliphatic hydroxyl groups is 1. The predicted octanol–water partition coefficient (Wildman–Crippen LogP) is 4.81. The Kier molecular flexibility index (Phi) is 11.2. The molecule has 0 aromatic heterocycles. The molecule has 4 aromatic carbocycles. The molecule has 13 nitrogen and oxygen atoms in total. The largest absolute Gasteiger partial charge is 0.485 e. The minimum atomic E-state index is -4.47. The van der Waals surface area contributed by atoms with E-state index in [4.69, 9.17) is 50.7 Å². The van der Waals surface area contributed by atoms with E-state index < -0.39 is 32.6 Å². The molecular formula is C34H37N4O9P. The van der Waals surface area contributed by atoms with Crippen LogP contribution in [0.1, 0.15) is 22.3 Å². The van der Waals surface area contributed by atoms with Crippen molar-refractivity contribution in [2.24, 2.45) is 0 Å². The van der Waals surface area contributed by atoms with Gasteiger partial charge in [-0.25, -0.2) is 9.36 Å². The maximum absolute atomic E-state index is 14.2. The van der Waals surface area contributed by atoms with Crippen LogP contribution in [0.2, 0.25) is 0 Å². The summed E-state index contributed by atoms with van der Waals surface area (Å²) >= 11 is 0. The van der Waals surface area contributed by atoms with Gasteiger partial charge in [-0.15, -0.1) is 0 Å². The molecule has 48 heavy (non-hydrogen) atoms. The van der Waals surface area contributed by atoms with Crippen LogP contribution in [0.15, 0.2) is 109 Å². The molecule has 5 rings (SSSR count). The average molecular weight is 677 g/mol. The third-order valence-electron chi connectivity index (χ3n) is 7.16. The molecule has 2 atom stereocenters. The van der Waals surface area contributed by atoms with Crippen LogP contribution >= 0.6 is 7.82 Å². The molecule has 9 N–H and O–H groups in total. The monoisotopic (exact) mass is 676 g/mol. The van der Waals surface area contributed by atoms with E-state index in [9.17, 15) is 14.5 Å². The number of phosphoric acid groups is 1. The summed E-state index contributed by atoms with van der Waals surface area (Å²) in [4.78, 5) is 13.2. The van der Waals surface area contributed by atoms with Crippen LogP contribution in [0.3, 0.4) is 0 Å². The van der Waals surface area contributed by atoms with Gasteiger partial charge in [0.2, 0.25) is 5.76 Å². The molecule has 2 unspecified atom stereocenters. The Balaban J connectivity index is 1.40. The van der Waals surface area contributed by atoms with Gasteiger partial charge < -0.3 is 42.3 Å². The molecule has 0 fully saturated rings. The normalized spacial score (nSPS) is 15.3. The lowest BCUT2D eigenvalue weighted by Gasteiger charge is -2.27. The van der Waals surface area contributed by atoms with Crippen LogP contribution in [0.5, 0.6) is 0 Å². The van der Waals surface area contributed by atoms with Crippen molar-refractivity contribution >= 4 is 36.5 Å². The van der Waals surface area contributed by atoms with Crippen LogP contribution in [0.25, 0.3) is 0 Å². The number of carbonyl (C=O) groups is 1. The zero-order valence-electron chi connectivity index (χ0n) is 25.9. The number of carbonyl (C=O) groups excluding carboxylic acids is 1. The second-order valence-corrected chi connectivity index (χ2v) is 12.5. The van der Waals surface area contributed by atoms with Crippen LogP contribution in [-0.2, 0) is 63.6 Å². The molecular weight excluding hydrogens is 639 g/mol. The summed E-state index contributed by atoms with van der Waals surface area (Å²) in [5, 5.41) is 10.5. The van der Waals surface area contributed by atoms with E-state index in [1.165, 1.54) is 0 Å². The van der Waals surface area contributed by atoms with Gasteiger partial charge in [0.05, 0.1) is 19.8 Å². The van der Waals surface area contributed by atoms with Crippen molar-refractivity contribution < 1.29 is 42.2 Å². The van der Waals surface area contributed by atoms with Crippen LogP contribution in [-0.4, -0.2) is 29.9 Å². The summed E-state index contributed by atoms with van der Waals surface area (Å²) in [6, 6.07) is 27.2. The number of nitrogens with two attached hydrogens (primary N) is 4. The maximum atomic E-state index is 14.2. The summed E-state index contributed by atoms with van der Waals surface area (Å²) in [5.74, 6) is -1.19. The molecule has 0 spiro atoms. The first kappa shape index (κ1) is 34.3. The fourth-order valence-electron chi connectivity index (χ4n) is 4.50. The highest BCUT2D eigenvalue weighted by Gasteiger charge is 2.46. The first-order chi connectivity index (χ1) is 23.1. The van der Waals surface area contributed by atoms with Crippen molar-refractivity contribution in [3.05, 3.63) is 131 Å². The standard InChI is InChI=1S/C34H37N4O9P/c35-26-9-1-22(2-10-26)18-42-32-31(46-34(40)33(32)43-19-23-3-11-27(36)12-4-23)30(17-39)47-48(41,44-20-24-5-13-28(37)14-6-24)45-21-25-7-15-29(38)16-8-25/h1-16,30-31,39H,17-21,35-38H2. The summed E-state index contributed by atoms with van der Waals surface area (Å²) in [6.07, 6.45) is -2.84. The highest BCUT2D eigenvalue weighted by atomic mass is 31.2. The molecule has 1 aliphatic rings. The second kappa shape index (κ2) is 15.7. The lowest BCUT2D eigenvalue weighted by Crippen LogP contribution is -2.35. The number of anilines is 4. The van der Waals surface area contributed by atoms with Gasteiger partial charge in [-0.05, 0) is 70.8 Å². The number of phosphoric ester groups is 1. The van der Waals surface area contributed by atoms with Gasteiger partial charge in [-0.2, -0.15) is 0 Å². The first-order valence-corrected chi connectivity index (χ1v) is 16.3. The number of hydrogen-bond donors (Lipinski definition) is 5. The number of ether oxygens (including phenoxy) is 3. The third kappa shape index (κ3) is 9.28. The van der Waals surface area contributed by atoms with Crippen molar-refractivity contribution in [1.29, 1.82) is 0 Å². The van der Waals surface area contributed by atoms with Crippen molar-refractivity contribution in [1.82, 2.24) is 0 Å². The lowest BCUT2D eigenvalue weighted by atomic mass is 10.1. The number of rotatable bonds is 16. The van der Waals surface area contributed by atoms with E-state index in [1.807, 2.05) is 0 Å². The van der Waals surface area contributed by atoms with Gasteiger partial charge in [0.1, 0.15) is 19.3 Å². The highest BCUT2D eigenvalue weighted by molar-refractivity contribution is 7.48. The molecule has 0 saturated carbocycles. The Hall–Kier alpha value is -5.04. The molecule has 0 bridgehead atoms. The fourth-order valence-corrected chi connectivity index (χ4v) is 5.82. The minimum absolute atomic E-state index is 0.0193. The Morgan fingerprint density at radius 3 is 1.40 bits per heavy atom. The average Bonchev–Trinajstić information content (AvgIpc) is 3.40. The van der Waals surface area contributed by atoms with Crippen LogP contribution < -0.4 is 22.9 Å². The van der Waals surface area contributed by atoms with Gasteiger partial charge in [-0.1, -0.05) is 48.5 Å². The number of nitrogen functional groups attached to an aromatic ring is 4. The second-order valence-electron chi connectivity index (χ2n) is 10.9. The molecule has 1 aliphatic heterocycles. The fraction of sp³-hybridized carbons (Fsp3) is 0.206. The van der Waals surface area contributed by atoms with E-state index in [-0.39, 0.29) is 37.9 Å². The molecule has 0 saturated heterocycles. The predicted molar refractivity (Wildman–Crippen MR) is 179 cm³/mol. The maximum Gasteiger partial charge on any atom is 0.475 e. The Bertz CT molecular complexity index is 1700. The number of esters is 1. The number of aliphatic hydroxyl groups excluding tert-OH is 1. The van der Waals surface area contributed by atoms with Crippen LogP contribution in [0, 0.1) is 0 Å². The molecule has 0 radical (unpaired) electrons. The van der Waals surface area contributed by atoms with E-state index in [1.54, 1.807) is 97.1 Å². The van der Waals surface area contributed by atoms with E-state index in [2.05, 4.69) is 0 Å². The summed E-state index contributed by atoms with van der Waals surface area (Å²) < 4.78 is 49.0. The minimum Gasteiger partial charge on any atom is -0.485 e. The van der Waals surface area contributed by atoms with Crippen molar-refractivity contribution in [3.8, 4) is 0 Å². The van der Waals surface area contributed by atoms with Crippen LogP contribution in [0.4, 0.5) is 22.7 Å². The smallest absolute Gasteiger partial charge is 0.475 e. The summed E-state index contributed by atoms with van der Waals surface area (Å²) in [6.45, 7) is -1.18. The molecule has 4 aromatic rings. The molecule has 0 amide bonds. The van der Waals surface area contributed by atoms with Crippen molar-refractivity contribution in [2.45, 2.75) is 38.6 Å². The van der Waals surface area contributed by atoms with Gasteiger partial charge >= 0.3 is 13.8 Å². The van der Waals surface area contributed by atoms with E-state index >= 15 is 0 Å². The van der Waals surface area contributed by atoms with Crippen molar-refractivity contribution in [3.63, 3.8) is 0 Å². The van der Waals surface area contributed by atoms with Gasteiger partial charge in [0, 0.05) is 22.7 Å². The van der Waals surface area contributed by atoms with E-state index in [0.29, 0.717) is 33.9 Å². The van der Waals surface area contributed by atoms with Gasteiger partial charge in [0.15, 0.2) is 11.9 Å². The third-order valence-corrected chi connectivity index (χ3v) is 8.58. The topological polar surface area (TPSA) is 214 Å². The Labute approximate surface area is 277 Å². The van der Waals surface area contributed by atoms with Gasteiger partial charge in [0.25, 0.3) is 0 Å². The molecule has 1 heterocycles. The number of hydrogen-bond acceptors (Lipinski definition) is 13. The lowest BCUT2D eigenvalue weighted by molar-refractivity contribution is -0.148. The van der Waals surface area contributed by atoms with E-state index in [0.717, 1.165) is 11.1 Å². The Morgan fingerprint density at radius 2 is 1.00 bits per heavy atom. The SMILES string of the molecule is Nc1ccc(COC2=C(OCc3ccc(N)cc3)C(C(CO)OP(=O)(OCc3ccc(N)cc3)OCc3ccc(N)cc3)OC2=O)cc1. The number of cyclic esters (lactones) is 1. The summed E-state index contributed by atoms with van der Waals surface area (Å²) in [5.41, 5.74) is 28.1. The quantitative estimate of drug-likeness (QED) is 0.0613. The number of benzene rings is 4. The molecule has 14 heteroatoms. The van der Waals surface area contributed by atoms with Crippen molar-refractivity contribution in [2.75, 3.05) is 29.5 Å². The highest BCUT2D eigenvalue weighted by Crippen LogP contribution is 2.53. The molecule has 0 aliphatic carbocycles. The molecule has 252 valence electrons. The Morgan fingerprint density at radius 1 is 0.625 bits per heavy atom.